The number of rotatable bonds is 3. The monoisotopic (exact) mass is 358 g/mol. The first-order chi connectivity index (χ1) is 8.95. The Labute approximate surface area is 128 Å². The molecule has 98 valence electrons. The minimum Gasteiger partial charge on any atom is -0.389 e. The van der Waals surface area contributed by atoms with Crippen LogP contribution in [0.1, 0.15) is 5.56 Å². The lowest BCUT2D eigenvalue weighted by Gasteiger charge is -2.12. The van der Waals surface area contributed by atoms with E-state index < -0.39 is 5.82 Å². The number of halogens is 3. The molecule has 0 saturated carbocycles. The smallest absolute Gasteiger partial charge is 0.126 e. The number of benzene rings is 2. The zero-order valence-corrected chi connectivity index (χ0v) is 12.7. The second-order valence-corrected chi connectivity index (χ2v) is 5.63. The van der Waals surface area contributed by atoms with E-state index in [1.807, 2.05) is 12.1 Å². The van der Waals surface area contributed by atoms with Crippen LogP contribution < -0.4 is 11.1 Å². The number of nitrogens with one attached hydrogen (secondary N) is 1. The highest BCUT2D eigenvalue weighted by atomic mass is 79.9. The molecule has 0 saturated heterocycles. The van der Waals surface area contributed by atoms with Crippen molar-refractivity contribution in [2.75, 3.05) is 5.32 Å². The molecule has 0 atom stereocenters. The molecule has 19 heavy (non-hydrogen) atoms. The predicted molar refractivity (Wildman–Crippen MR) is 84.7 cm³/mol. The van der Waals surface area contributed by atoms with Crippen LogP contribution in [0.2, 0.25) is 5.02 Å². The number of hydrogen-bond donors (Lipinski definition) is 2. The zero-order valence-electron chi connectivity index (χ0n) is 9.58. The molecule has 0 fully saturated rings. The highest BCUT2D eigenvalue weighted by Crippen LogP contribution is 2.27. The number of anilines is 2. The topological polar surface area (TPSA) is 38.0 Å². The van der Waals surface area contributed by atoms with Crippen LogP contribution in [0.25, 0.3) is 0 Å². The fraction of sp³-hybridized carbons (Fsp3) is 0. The van der Waals surface area contributed by atoms with Crippen LogP contribution in [-0.2, 0) is 0 Å². The molecule has 2 rings (SSSR count). The molecule has 0 bridgehead atoms. The van der Waals surface area contributed by atoms with Gasteiger partial charge in [0.15, 0.2) is 0 Å². The summed E-state index contributed by atoms with van der Waals surface area (Å²) in [6.45, 7) is 0. The first-order valence-corrected chi connectivity index (χ1v) is 6.86. The Morgan fingerprint density at radius 2 is 2.00 bits per heavy atom. The van der Waals surface area contributed by atoms with Crippen molar-refractivity contribution < 1.29 is 4.39 Å². The average Bonchev–Trinajstić information content (AvgIpc) is 2.26. The molecule has 0 aliphatic rings. The fourth-order valence-electron chi connectivity index (χ4n) is 1.62. The van der Waals surface area contributed by atoms with Gasteiger partial charge in [-0.1, -0.05) is 39.7 Å². The van der Waals surface area contributed by atoms with Crippen molar-refractivity contribution >= 4 is 56.1 Å². The summed E-state index contributed by atoms with van der Waals surface area (Å²) in [7, 11) is 0. The van der Waals surface area contributed by atoms with Gasteiger partial charge in [-0.05, 0) is 36.4 Å². The summed E-state index contributed by atoms with van der Waals surface area (Å²) < 4.78 is 14.1. The third-order valence-electron chi connectivity index (χ3n) is 2.39. The van der Waals surface area contributed by atoms with E-state index in [0.717, 1.165) is 4.47 Å². The quantitative estimate of drug-likeness (QED) is 0.785. The maximum Gasteiger partial charge on any atom is 0.126 e. The lowest BCUT2D eigenvalue weighted by molar-refractivity contribution is 0.628. The zero-order chi connectivity index (χ0) is 14.0. The van der Waals surface area contributed by atoms with Gasteiger partial charge in [0.2, 0.25) is 0 Å². The van der Waals surface area contributed by atoms with Crippen LogP contribution in [0.3, 0.4) is 0 Å². The van der Waals surface area contributed by atoms with Gasteiger partial charge in [0.05, 0.1) is 0 Å². The van der Waals surface area contributed by atoms with Crippen molar-refractivity contribution in [1.82, 2.24) is 0 Å². The van der Waals surface area contributed by atoms with Gasteiger partial charge in [0, 0.05) is 26.4 Å². The molecule has 2 aromatic rings. The van der Waals surface area contributed by atoms with Crippen molar-refractivity contribution in [2.24, 2.45) is 5.73 Å². The predicted octanol–water partition coefficient (Wildman–Crippen LogP) is 4.62. The molecule has 0 aromatic heterocycles. The minimum atomic E-state index is -0.415. The molecule has 0 heterocycles. The Morgan fingerprint density at radius 1 is 1.26 bits per heavy atom. The first kappa shape index (κ1) is 14.2. The molecule has 0 amide bonds. The highest BCUT2D eigenvalue weighted by molar-refractivity contribution is 9.10. The van der Waals surface area contributed by atoms with Crippen LogP contribution in [-0.4, -0.2) is 4.99 Å². The van der Waals surface area contributed by atoms with E-state index in [4.69, 9.17) is 29.6 Å². The van der Waals surface area contributed by atoms with Crippen molar-refractivity contribution in [1.29, 1.82) is 0 Å². The maximum atomic E-state index is 13.3. The summed E-state index contributed by atoms with van der Waals surface area (Å²) in [5.74, 6) is -0.415. The van der Waals surface area contributed by atoms with Gasteiger partial charge >= 0.3 is 0 Å². The second kappa shape index (κ2) is 5.86. The molecule has 2 nitrogen and oxygen atoms in total. The van der Waals surface area contributed by atoms with Gasteiger partial charge in [0.1, 0.15) is 10.8 Å². The number of nitrogens with two attached hydrogens (primary N) is 1. The van der Waals surface area contributed by atoms with E-state index >= 15 is 0 Å². The number of hydrogen-bond acceptors (Lipinski definition) is 2. The standard InChI is InChI=1S/C13H9BrClFN2S/c14-7-1-2-11(13(17)19)12(3-7)18-10-5-8(15)4-9(16)6-10/h1-6,18H,(H2,17,19). The van der Waals surface area contributed by atoms with E-state index in [0.29, 0.717) is 22.0 Å². The molecule has 2 aromatic carbocycles. The summed E-state index contributed by atoms with van der Waals surface area (Å²) in [6, 6.07) is 9.63. The van der Waals surface area contributed by atoms with E-state index in [9.17, 15) is 4.39 Å². The minimum absolute atomic E-state index is 0.262. The van der Waals surface area contributed by atoms with Gasteiger partial charge in [-0.25, -0.2) is 4.39 Å². The van der Waals surface area contributed by atoms with E-state index in [2.05, 4.69) is 21.2 Å². The van der Waals surface area contributed by atoms with Gasteiger partial charge in [-0.2, -0.15) is 0 Å². The largest absolute Gasteiger partial charge is 0.389 e. The molecule has 0 aliphatic carbocycles. The lowest BCUT2D eigenvalue weighted by Crippen LogP contribution is -2.11. The van der Waals surface area contributed by atoms with Gasteiger partial charge in [0.25, 0.3) is 0 Å². The van der Waals surface area contributed by atoms with Crippen LogP contribution in [0.5, 0.6) is 0 Å². The second-order valence-electron chi connectivity index (χ2n) is 3.84. The highest BCUT2D eigenvalue weighted by Gasteiger charge is 2.07. The summed E-state index contributed by atoms with van der Waals surface area (Å²) in [6.07, 6.45) is 0. The molecule has 6 heteroatoms. The third kappa shape index (κ3) is 3.65. The van der Waals surface area contributed by atoms with Crippen LogP contribution in [0, 0.1) is 5.82 Å². The van der Waals surface area contributed by atoms with Crippen LogP contribution in [0.15, 0.2) is 40.9 Å². The summed E-state index contributed by atoms with van der Waals surface area (Å²) in [5.41, 5.74) is 7.55. The third-order valence-corrected chi connectivity index (χ3v) is 3.32. The Hall–Kier alpha value is -1.17. The van der Waals surface area contributed by atoms with E-state index in [1.54, 1.807) is 12.1 Å². The molecule has 0 aliphatic heterocycles. The Morgan fingerprint density at radius 3 is 2.63 bits per heavy atom. The van der Waals surface area contributed by atoms with E-state index in [-0.39, 0.29) is 4.99 Å². The summed E-state index contributed by atoms with van der Waals surface area (Å²) >= 11 is 14.2. The Bertz CT molecular complexity index is 628. The van der Waals surface area contributed by atoms with Crippen molar-refractivity contribution in [3.63, 3.8) is 0 Å². The first-order valence-electron chi connectivity index (χ1n) is 5.28. The molecular weight excluding hydrogens is 351 g/mol. The molecule has 0 spiro atoms. The van der Waals surface area contributed by atoms with Crippen LogP contribution >= 0.6 is 39.7 Å². The summed E-state index contributed by atoms with van der Waals surface area (Å²) in [5, 5.41) is 3.37. The van der Waals surface area contributed by atoms with Gasteiger partial charge < -0.3 is 11.1 Å². The number of thiocarbonyl (C=S) groups is 1. The molecule has 0 unspecified atom stereocenters. The van der Waals surface area contributed by atoms with Crippen molar-refractivity contribution in [3.8, 4) is 0 Å². The molecule has 3 N–H and O–H groups in total. The maximum absolute atomic E-state index is 13.3. The van der Waals surface area contributed by atoms with Crippen molar-refractivity contribution in [3.05, 3.63) is 57.3 Å². The lowest BCUT2D eigenvalue weighted by atomic mass is 10.1. The molecule has 0 radical (unpaired) electrons. The molecular formula is C13H9BrClFN2S. The van der Waals surface area contributed by atoms with Gasteiger partial charge in [-0.3, -0.25) is 0 Å². The normalized spacial score (nSPS) is 10.3. The van der Waals surface area contributed by atoms with E-state index in [1.165, 1.54) is 12.1 Å². The summed E-state index contributed by atoms with van der Waals surface area (Å²) in [4.78, 5) is 0.262. The average molecular weight is 360 g/mol. The SMILES string of the molecule is NC(=S)c1ccc(Br)cc1Nc1cc(F)cc(Cl)c1. The van der Waals surface area contributed by atoms with Crippen LogP contribution in [0.4, 0.5) is 15.8 Å². The fourth-order valence-corrected chi connectivity index (χ4v) is 2.38. The Balaban J connectivity index is 2.42. The Kier molecular flexibility index (Phi) is 4.39. The van der Waals surface area contributed by atoms with Gasteiger partial charge in [-0.15, -0.1) is 0 Å². The van der Waals surface area contributed by atoms with Crippen molar-refractivity contribution in [2.45, 2.75) is 0 Å².